The number of fused-ring (bicyclic) bond motifs is 1. The molecule has 3 aromatic rings. The summed E-state index contributed by atoms with van der Waals surface area (Å²) in [6, 6.07) is 1.49. The first kappa shape index (κ1) is 17.8. The number of carbonyl (C=O) groups excluding carboxylic acids is 1. The van der Waals surface area contributed by atoms with E-state index in [-0.39, 0.29) is 34.8 Å². The van der Waals surface area contributed by atoms with Gasteiger partial charge in [-0.25, -0.2) is 9.78 Å². The molecule has 3 aromatic heterocycles. The number of aromatic nitrogens is 4. The number of amides is 1. The zero-order valence-corrected chi connectivity index (χ0v) is 15.3. The number of hydrogen-bond donors (Lipinski definition) is 1. The monoisotopic (exact) mass is 375 g/mol. The Morgan fingerprint density at radius 3 is 2.62 bits per heavy atom. The highest BCUT2D eigenvalue weighted by Crippen LogP contribution is 2.12. The van der Waals surface area contributed by atoms with Gasteiger partial charge < -0.3 is 9.88 Å². The zero-order valence-electron chi connectivity index (χ0n) is 14.5. The number of anilines is 1. The topological polar surface area (TPSA) is 108 Å². The minimum Gasteiger partial charge on any atom is -0.325 e. The second-order valence-electron chi connectivity index (χ2n) is 5.89. The zero-order chi connectivity index (χ0) is 19.0. The van der Waals surface area contributed by atoms with Gasteiger partial charge in [-0.3, -0.25) is 23.5 Å². The first-order chi connectivity index (χ1) is 12.3. The fourth-order valence-electron chi connectivity index (χ4n) is 2.65. The molecule has 0 fully saturated rings. The van der Waals surface area contributed by atoms with Crippen LogP contribution < -0.4 is 21.4 Å². The van der Waals surface area contributed by atoms with Crippen LogP contribution in [0.4, 0.5) is 5.69 Å². The first-order valence-electron chi connectivity index (χ1n) is 7.80. The van der Waals surface area contributed by atoms with Gasteiger partial charge in [-0.05, 0) is 13.0 Å². The summed E-state index contributed by atoms with van der Waals surface area (Å²) in [5, 5.41) is 4.64. The van der Waals surface area contributed by atoms with Crippen molar-refractivity contribution in [3.63, 3.8) is 0 Å². The summed E-state index contributed by atoms with van der Waals surface area (Å²) in [7, 11) is 2.91. The van der Waals surface area contributed by atoms with Crippen LogP contribution >= 0.6 is 11.3 Å². The Morgan fingerprint density at radius 2 is 1.96 bits per heavy atom. The SMILES string of the molecule is Cc1csc(=O)n1CCC(=O)Nc1cnc2c(c1)c(=O)n(C)c(=O)n2C. The minimum atomic E-state index is -0.479. The molecule has 0 aromatic carbocycles. The molecule has 0 aliphatic rings. The molecule has 0 bridgehead atoms. The molecule has 9 nitrogen and oxygen atoms in total. The standard InChI is InChI=1S/C16H17N5O4S/c1-9-8-26-16(25)21(9)5-4-12(22)18-10-6-11-13(17-7-10)19(2)15(24)20(3)14(11)23/h6-8H,4-5H2,1-3H3,(H,18,22). The lowest BCUT2D eigenvalue weighted by Crippen LogP contribution is -2.37. The molecule has 26 heavy (non-hydrogen) atoms. The first-order valence-corrected chi connectivity index (χ1v) is 8.68. The Hall–Kier alpha value is -3.01. The van der Waals surface area contributed by atoms with Gasteiger partial charge in [0.15, 0.2) is 0 Å². The minimum absolute atomic E-state index is 0.105. The number of nitrogens with zero attached hydrogens (tertiary/aromatic N) is 4. The van der Waals surface area contributed by atoms with Crippen LogP contribution in [0.15, 0.2) is 32.0 Å². The smallest absolute Gasteiger partial charge is 0.325 e. The van der Waals surface area contributed by atoms with Crippen LogP contribution in [0.1, 0.15) is 12.1 Å². The molecule has 136 valence electrons. The Labute approximate surface area is 151 Å². The van der Waals surface area contributed by atoms with Crippen LogP contribution in [0.5, 0.6) is 0 Å². The van der Waals surface area contributed by atoms with E-state index >= 15 is 0 Å². The van der Waals surface area contributed by atoms with Crippen molar-refractivity contribution in [2.75, 3.05) is 5.32 Å². The number of aryl methyl sites for hydroxylation is 2. The summed E-state index contributed by atoms with van der Waals surface area (Å²) in [6.07, 6.45) is 1.50. The second-order valence-corrected chi connectivity index (χ2v) is 6.71. The molecule has 3 rings (SSSR count). The van der Waals surface area contributed by atoms with Crippen molar-refractivity contribution < 1.29 is 4.79 Å². The molecule has 10 heteroatoms. The highest BCUT2D eigenvalue weighted by molar-refractivity contribution is 7.07. The van der Waals surface area contributed by atoms with Gasteiger partial charge in [-0.1, -0.05) is 11.3 Å². The van der Waals surface area contributed by atoms with E-state index in [0.29, 0.717) is 5.69 Å². The van der Waals surface area contributed by atoms with Crippen molar-refractivity contribution in [3.8, 4) is 0 Å². The number of carbonyl (C=O) groups is 1. The molecule has 0 saturated heterocycles. The Balaban J connectivity index is 1.83. The predicted octanol–water partition coefficient (Wildman–Crippen LogP) is 0.193. The molecule has 0 unspecified atom stereocenters. The number of hydrogen-bond acceptors (Lipinski definition) is 6. The molecule has 0 aliphatic carbocycles. The molecule has 0 saturated carbocycles. The van der Waals surface area contributed by atoms with E-state index in [9.17, 15) is 19.2 Å². The van der Waals surface area contributed by atoms with Crippen LogP contribution in [0, 0.1) is 6.92 Å². The van der Waals surface area contributed by atoms with Gasteiger partial charge in [0.05, 0.1) is 17.3 Å². The van der Waals surface area contributed by atoms with Crippen molar-refractivity contribution in [3.05, 3.63) is 53.8 Å². The van der Waals surface area contributed by atoms with Gasteiger partial charge in [-0.2, -0.15) is 0 Å². The van der Waals surface area contributed by atoms with Crippen molar-refractivity contribution in [1.82, 2.24) is 18.7 Å². The Morgan fingerprint density at radius 1 is 1.23 bits per heavy atom. The maximum atomic E-state index is 12.3. The van der Waals surface area contributed by atoms with Crippen molar-refractivity contribution in [2.24, 2.45) is 14.1 Å². The highest BCUT2D eigenvalue weighted by Gasteiger charge is 2.12. The summed E-state index contributed by atoms with van der Waals surface area (Å²) in [4.78, 5) is 52.0. The summed E-state index contributed by atoms with van der Waals surface area (Å²) in [5.41, 5.74) is 0.462. The number of thiazole rings is 1. The number of rotatable bonds is 4. The van der Waals surface area contributed by atoms with Crippen LogP contribution in [0.3, 0.4) is 0 Å². The average Bonchev–Trinajstić information content (AvgIpc) is 2.94. The third-order valence-electron chi connectivity index (χ3n) is 4.12. The number of pyridine rings is 1. The molecule has 1 amide bonds. The molecular formula is C16H17N5O4S. The van der Waals surface area contributed by atoms with Gasteiger partial charge in [0.1, 0.15) is 5.65 Å². The molecule has 0 atom stereocenters. The third-order valence-corrected chi connectivity index (χ3v) is 5.00. The lowest BCUT2D eigenvalue weighted by Gasteiger charge is -2.09. The van der Waals surface area contributed by atoms with Gasteiger partial charge in [0.25, 0.3) is 5.56 Å². The van der Waals surface area contributed by atoms with Gasteiger partial charge in [0.2, 0.25) is 5.91 Å². The van der Waals surface area contributed by atoms with Crippen LogP contribution in [-0.2, 0) is 25.4 Å². The Bertz CT molecular complexity index is 1180. The number of nitrogens with one attached hydrogen (secondary N) is 1. The van der Waals surface area contributed by atoms with E-state index in [1.54, 1.807) is 5.38 Å². The normalized spacial score (nSPS) is 11.0. The van der Waals surface area contributed by atoms with Crippen LogP contribution in [-0.4, -0.2) is 24.6 Å². The molecule has 0 aliphatic heterocycles. The van der Waals surface area contributed by atoms with Crippen LogP contribution in [0.25, 0.3) is 11.0 Å². The highest BCUT2D eigenvalue weighted by atomic mass is 32.1. The fourth-order valence-corrected chi connectivity index (χ4v) is 3.41. The van der Waals surface area contributed by atoms with E-state index in [2.05, 4.69) is 10.3 Å². The summed E-state index contributed by atoms with van der Waals surface area (Å²) >= 11 is 1.09. The Kier molecular flexibility index (Phi) is 4.60. The summed E-state index contributed by atoms with van der Waals surface area (Å²) in [6.45, 7) is 2.08. The summed E-state index contributed by atoms with van der Waals surface area (Å²) < 4.78 is 3.80. The van der Waals surface area contributed by atoms with E-state index in [1.807, 2.05) is 6.92 Å². The molecule has 3 heterocycles. The van der Waals surface area contributed by atoms with Gasteiger partial charge >= 0.3 is 10.6 Å². The van der Waals surface area contributed by atoms with Crippen molar-refractivity contribution in [2.45, 2.75) is 19.9 Å². The largest absolute Gasteiger partial charge is 0.332 e. The molecule has 0 spiro atoms. The van der Waals surface area contributed by atoms with Crippen molar-refractivity contribution in [1.29, 1.82) is 0 Å². The predicted molar refractivity (Wildman–Crippen MR) is 98.8 cm³/mol. The van der Waals surface area contributed by atoms with Gasteiger partial charge in [0, 0.05) is 38.1 Å². The van der Waals surface area contributed by atoms with E-state index in [0.717, 1.165) is 21.6 Å². The van der Waals surface area contributed by atoms with Gasteiger partial charge in [-0.15, -0.1) is 0 Å². The summed E-state index contributed by atoms with van der Waals surface area (Å²) in [5.74, 6) is -0.301. The lowest BCUT2D eigenvalue weighted by molar-refractivity contribution is -0.116. The maximum Gasteiger partial charge on any atom is 0.332 e. The van der Waals surface area contributed by atoms with E-state index in [1.165, 1.54) is 35.5 Å². The molecule has 1 N–H and O–H groups in total. The molecule has 0 radical (unpaired) electrons. The second kappa shape index (κ2) is 6.71. The third kappa shape index (κ3) is 3.10. The van der Waals surface area contributed by atoms with Crippen LogP contribution in [0.2, 0.25) is 0 Å². The average molecular weight is 375 g/mol. The van der Waals surface area contributed by atoms with E-state index < -0.39 is 11.2 Å². The fraction of sp³-hybridized carbons (Fsp3) is 0.312. The van der Waals surface area contributed by atoms with Crippen molar-refractivity contribution >= 4 is 34.0 Å². The lowest BCUT2D eigenvalue weighted by atomic mass is 10.3. The quantitative estimate of drug-likeness (QED) is 0.700. The maximum absolute atomic E-state index is 12.3. The molecular weight excluding hydrogens is 358 g/mol. The van der Waals surface area contributed by atoms with E-state index in [4.69, 9.17) is 0 Å².